The molecule has 4 heteroatoms. The van der Waals surface area contributed by atoms with Crippen molar-refractivity contribution in [2.45, 2.75) is 32.7 Å². The average Bonchev–Trinajstić information content (AvgIpc) is 3.07. The fraction of sp³-hybridized carbons (Fsp3) is 0.562. The molecule has 0 spiro atoms. The summed E-state index contributed by atoms with van der Waals surface area (Å²) in [6.45, 7) is 11.1. The van der Waals surface area contributed by atoms with Crippen LogP contribution >= 0.6 is 11.3 Å². The third-order valence-electron chi connectivity index (χ3n) is 3.74. The summed E-state index contributed by atoms with van der Waals surface area (Å²) in [6, 6.07) is 4.51. The number of amides is 1. The van der Waals surface area contributed by atoms with Gasteiger partial charge in [-0.2, -0.15) is 0 Å². The maximum Gasteiger partial charge on any atom is 0.237 e. The Kier molecular flexibility index (Phi) is 5.38. The summed E-state index contributed by atoms with van der Waals surface area (Å²) in [5.41, 5.74) is 1.11. The number of carbonyl (C=O) groups excluding carboxylic acids is 1. The molecule has 3 nitrogen and oxygen atoms in total. The van der Waals surface area contributed by atoms with E-state index in [1.165, 1.54) is 4.88 Å². The van der Waals surface area contributed by atoms with E-state index in [9.17, 15) is 4.79 Å². The zero-order valence-corrected chi connectivity index (χ0v) is 13.3. The predicted molar refractivity (Wildman–Crippen MR) is 84.9 cm³/mol. The third kappa shape index (κ3) is 3.70. The van der Waals surface area contributed by atoms with Crippen molar-refractivity contribution in [3.63, 3.8) is 0 Å². The molecule has 2 rings (SSSR count). The second-order valence-electron chi connectivity index (χ2n) is 5.52. The summed E-state index contributed by atoms with van der Waals surface area (Å²) in [4.78, 5) is 18.1. The van der Waals surface area contributed by atoms with Crippen LogP contribution < -0.4 is 0 Å². The van der Waals surface area contributed by atoms with Crippen molar-refractivity contribution in [2.24, 2.45) is 0 Å². The first-order chi connectivity index (χ1) is 9.61. The minimum absolute atomic E-state index is 0.254. The summed E-state index contributed by atoms with van der Waals surface area (Å²) in [7, 11) is 0. The molecule has 1 unspecified atom stereocenters. The van der Waals surface area contributed by atoms with Gasteiger partial charge in [-0.1, -0.05) is 25.1 Å². The molecule has 1 aliphatic heterocycles. The first-order valence-corrected chi connectivity index (χ1v) is 8.19. The van der Waals surface area contributed by atoms with E-state index in [0.717, 1.165) is 38.0 Å². The normalized spacial score (nSPS) is 18.8. The molecule has 0 bridgehead atoms. The summed E-state index contributed by atoms with van der Waals surface area (Å²) < 4.78 is 0. The van der Waals surface area contributed by atoms with Gasteiger partial charge in [-0.3, -0.25) is 9.69 Å². The van der Waals surface area contributed by atoms with Crippen LogP contribution in [0.15, 0.2) is 29.7 Å². The maximum absolute atomic E-state index is 12.6. The molecule has 0 aromatic carbocycles. The van der Waals surface area contributed by atoms with Gasteiger partial charge in [-0.05, 0) is 37.8 Å². The highest BCUT2D eigenvalue weighted by Crippen LogP contribution is 2.34. The van der Waals surface area contributed by atoms with E-state index in [-0.39, 0.29) is 5.91 Å². The van der Waals surface area contributed by atoms with E-state index in [1.54, 1.807) is 11.3 Å². The highest BCUT2D eigenvalue weighted by molar-refractivity contribution is 7.10. The van der Waals surface area contributed by atoms with Crippen LogP contribution in [0.25, 0.3) is 0 Å². The lowest BCUT2D eigenvalue weighted by Crippen LogP contribution is -2.40. The van der Waals surface area contributed by atoms with Crippen molar-refractivity contribution in [1.82, 2.24) is 9.80 Å². The van der Waals surface area contributed by atoms with Gasteiger partial charge in [-0.25, -0.2) is 0 Å². The number of nitrogens with zero attached hydrogens (tertiary/aromatic N) is 2. The summed E-state index contributed by atoms with van der Waals surface area (Å²) in [6.07, 6.45) is 2.21. The zero-order chi connectivity index (χ0) is 14.5. The smallest absolute Gasteiger partial charge is 0.237 e. The van der Waals surface area contributed by atoms with Gasteiger partial charge in [0.15, 0.2) is 0 Å². The van der Waals surface area contributed by atoms with Crippen molar-refractivity contribution >= 4 is 17.2 Å². The molecule has 1 saturated heterocycles. The topological polar surface area (TPSA) is 23.6 Å². The molecule has 110 valence electrons. The molecule has 1 amide bonds. The lowest BCUT2D eigenvalue weighted by Gasteiger charge is -2.27. The Morgan fingerprint density at radius 2 is 2.35 bits per heavy atom. The van der Waals surface area contributed by atoms with Gasteiger partial charge in [0.1, 0.15) is 0 Å². The van der Waals surface area contributed by atoms with E-state index in [0.29, 0.717) is 12.6 Å². The molecular weight excluding hydrogens is 268 g/mol. The monoisotopic (exact) mass is 292 g/mol. The van der Waals surface area contributed by atoms with Gasteiger partial charge in [0.2, 0.25) is 5.91 Å². The first-order valence-electron chi connectivity index (χ1n) is 7.31. The van der Waals surface area contributed by atoms with Crippen molar-refractivity contribution in [1.29, 1.82) is 0 Å². The largest absolute Gasteiger partial charge is 0.334 e. The van der Waals surface area contributed by atoms with Crippen LogP contribution in [0.1, 0.15) is 37.6 Å². The van der Waals surface area contributed by atoms with Crippen LogP contribution in [0.3, 0.4) is 0 Å². The number of hydrogen-bond donors (Lipinski definition) is 0. The Morgan fingerprint density at radius 3 is 2.95 bits per heavy atom. The molecule has 0 saturated carbocycles. The summed E-state index contributed by atoms with van der Waals surface area (Å²) >= 11 is 1.76. The van der Waals surface area contributed by atoms with Crippen molar-refractivity contribution in [3.8, 4) is 0 Å². The molecule has 0 aliphatic carbocycles. The van der Waals surface area contributed by atoms with Crippen molar-refractivity contribution in [2.75, 3.05) is 26.2 Å². The maximum atomic E-state index is 12.6. The van der Waals surface area contributed by atoms with Crippen LogP contribution in [0, 0.1) is 0 Å². The fourth-order valence-corrected chi connectivity index (χ4v) is 3.66. The second-order valence-corrected chi connectivity index (χ2v) is 6.50. The third-order valence-corrected chi connectivity index (χ3v) is 4.72. The Bertz CT molecular complexity index is 455. The van der Waals surface area contributed by atoms with Crippen LogP contribution in [-0.2, 0) is 4.79 Å². The van der Waals surface area contributed by atoms with Gasteiger partial charge < -0.3 is 4.90 Å². The lowest BCUT2D eigenvalue weighted by atomic mass is 10.2. The standard InChI is InChI=1S/C16H24N2OS/c1-4-17(11-13(2)3)12-16(19)18-9-5-7-14(18)15-8-6-10-20-15/h6,8,10,14H,2,4-5,7,9,11-12H2,1,3H3. The molecular formula is C16H24N2OS. The second kappa shape index (κ2) is 7.04. The van der Waals surface area contributed by atoms with E-state index >= 15 is 0 Å². The van der Waals surface area contributed by atoms with Gasteiger partial charge in [0.05, 0.1) is 12.6 Å². The Hall–Kier alpha value is -1.13. The summed E-state index contributed by atoms with van der Waals surface area (Å²) in [5, 5.41) is 2.09. The number of carbonyl (C=O) groups is 1. The minimum atomic E-state index is 0.254. The van der Waals surface area contributed by atoms with Crippen LogP contribution in [0.5, 0.6) is 0 Å². The van der Waals surface area contributed by atoms with Crippen LogP contribution in [0.2, 0.25) is 0 Å². The molecule has 1 aromatic heterocycles. The molecule has 2 heterocycles. The number of likely N-dealkylation sites (N-methyl/N-ethyl adjacent to an activating group) is 1. The average molecular weight is 292 g/mol. The Labute approximate surface area is 125 Å². The molecule has 1 fully saturated rings. The van der Waals surface area contributed by atoms with E-state index in [1.807, 2.05) is 6.92 Å². The van der Waals surface area contributed by atoms with Crippen LogP contribution in [0.4, 0.5) is 0 Å². The SMILES string of the molecule is C=C(C)CN(CC)CC(=O)N1CCCC1c1cccs1. The van der Waals surface area contributed by atoms with E-state index in [2.05, 4.69) is 40.8 Å². The van der Waals surface area contributed by atoms with Gasteiger partial charge >= 0.3 is 0 Å². The number of hydrogen-bond acceptors (Lipinski definition) is 3. The fourth-order valence-electron chi connectivity index (χ4n) is 2.79. The first kappa shape index (κ1) is 15.3. The van der Waals surface area contributed by atoms with E-state index in [4.69, 9.17) is 0 Å². The molecule has 1 aromatic rings. The van der Waals surface area contributed by atoms with Crippen molar-refractivity contribution < 1.29 is 4.79 Å². The lowest BCUT2D eigenvalue weighted by molar-refractivity contribution is -0.133. The Morgan fingerprint density at radius 1 is 1.55 bits per heavy atom. The highest BCUT2D eigenvalue weighted by Gasteiger charge is 2.30. The van der Waals surface area contributed by atoms with Crippen molar-refractivity contribution in [3.05, 3.63) is 34.5 Å². The molecule has 0 N–H and O–H groups in total. The van der Waals surface area contributed by atoms with Gasteiger partial charge in [-0.15, -0.1) is 11.3 Å². The minimum Gasteiger partial charge on any atom is -0.334 e. The quantitative estimate of drug-likeness (QED) is 0.751. The molecule has 1 aliphatic rings. The molecule has 20 heavy (non-hydrogen) atoms. The van der Waals surface area contributed by atoms with Crippen LogP contribution in [-0.4, -0.2) is 41.9 Å². The number of thiophene rings is 1. The van der Waals surface area contributed by atoms with Gasteiger partial charge in [0, 0.05) is 18.0 Å². The highest BCUT2D eigenvalue weighted by atomic mass is 32.1. The molecule has 0 radical (unpaired) electrons. The Balaban J connectivity index is 1.99. The van der Waals surface area contributed by atoms with Gasteiger partial charge in [0.25, 0.3) is 0 Å². The predicted octanol–water partition coefficient (Wildman–Crippen LogP) is 3.31. The summed E-state index contributed by atoms with van der Waals surface area (Å²) in [5.74, 6) is 0.254. The van der Waals surface area contributed by atoms with E-state index < -0.39 is 0 Å². The zero-order valence-electron chi connectivity index (χ0n) is 12.5. The molecule has 1 atom stereocenters. The number of likely N-dealkylation sites (tertiary alicyclic amines) is 1. The number of rotatable bonds is 6.